The van der Waals surface area contributed by atoms with Gasteiger partial charge in [0, 0.05) is 36.6 Å². The zero-order chi connectivity index (χ0) is 20.2. The number of anilines is 1. The van der Waals surface area contributed by atoms with Crippen LogP contribution < -0.4 is 16.1 Å². The van der Waals surface area contributed by atoms with Crippen molar-refractivity contribution in [2.45, 2.75) is 19.3 Å². The first-order valence-electron chi connectivity index (χ1n) is 8.79. The van der Waals surface area contributed by atoms with Crippen LogP contribution in [0.25, 0.3) is 6.08 Å². The fourth-order valence-electron chi connectivity index (χ4n) is 2.30. The lowest BCUT2D eigenvalue weighted by molar-refractivity contribution is -0.129. The number of hydrogen-bond donors (Lipinski definition) is 4. The Morgan fingerprint density at radius 1 is 1.14 bits per heavy atom. The molecule has 0 atom stereocenters. The predicted molar refractivity (Wildman–Crippen MR) is 112 cm³/mol. The summed E-state index contributed by atoms with van der Waals surface area (Å²) in [7, 11) is 0. The monoisotopic (exact) mass is 398 g/mol. The molecule has 2 rings (SSSR count). The van der Waals surface area contributed by atoms with Crippen molar-refractivity contribution in [3.05, 3.63) is 66.0 Å². The lowest BCUT2D eigenvalue weighted by Crippen LogP contribution is -2.29. The molecule has 0 saturated heterocycles. The van der Waals surface area contributed by atoms with E-state index in [-0.39, 0.29) is 12.2 Å². The van der Waals surface area contributed by atoms with Crippen molar-refractivity contribution in [2.75, 3.05) is 11.9 Å². The number of hydroxylamine groups is 1. The summed E-state index contributed by atoms with van der Waals surface area (Å²) in [6.45, 7) is 0.627. The summed E-state index contributed by atoms with van der Waals surface area (Å²) >= 11 is 5.23. The van der Waals surface area contributed by atoms with Crippen molar-refractivity contribution >= 4 is 40.8 Å². The highest BCUT2D eigenvalue weighted by Crippen LogP contribution is 2.11. The van der Waals surface area contributed by atoms with E-state index >= 15 is 0 Å². The van der Waals surface area contributed by atoms with Gasteiger partial charge >= 0.3 is 0 Å². The Balaban J connectivity index is 1.74. The lowest BCUT2D eigenvalue weighted by atomic mass is 10.1. The van der Waals surface area contributed by atoms with E-state index in [1.165, 1.54) is 12.3 Å². The molecule has 1 amide bonds. The van der Waals surface area contributed by atoms with Crippen LogP contribution in [0.1, 0.15) is 35.2 Å². The molecule has 146 valence electrons. The third-order valence-corrected chi connectivity index (χ3v) is 4.03. The van der Waals surface area contributed by atoms with E-state index in [9.17, 15) is 9.59 Å². The maximum absolute atomic E-state index is 12.0. The van der Waals surface area contributed by atoms with E-state index in [0.29, 0.717) is 23.6 Å². The number of carbonyl (C=O) groups is 2. The van der Waals surface area contributed by atoms with Gasteiger partial charge in [0.05, 0.1) is 0 Å². The Bertz CT molecular complexity index is 823. The summed E-state index contributed by atoms with van der Waals surface area (Å²) in [5, 5.41) is 15.0. The number of pyridine rings is 1. The van der Waals surface area contributed by atoms with Gasteiger partial charge in [-0.3, -0.25) is 19.8 Å². The van der Waals surface area contributed by atoms with Gasteiger partial charge < -0.3 is 10.6 Å². The van der Waals surface area contributed by atoms with Crippen molar-refractivity contribution in [2.24, 2.45) is 0 Å². The maximum atomic E-state index is 12.0. The quantitative estimate of drug-likeness (QED) is 0.129. The van der Waals surface area contributed by atoms with Crippen molar-refractivity contribution in [3.63, 3.8) is 0 Å². The largest absolute Gasteiger partial charge is 0.362 e. The second kappa shape index (κ2) is 11.6. The number of nitrogens with zero attached hydrogens (tertiary/aromatic N) is 1. The molecule has 2 aromatic rings. The minimum absolute atomic E-state index is 0.0999. The van der Waals surface area contributed by atoms with E-state index in [0.717, 1.165) is 17.7 Å². The zero-order valence-electron chi connectivity index (χ0n) is 15.2. The minimum atomic E-state index is -0.392. The van der Waals surface area contributed by atoms with Crippen LogP contribution in [0.2, 0.25) is 0 Å². The average molecular weight is 398 g/mol. The molecule has 1 aromatic heterocycles. The second-order valence-corrected chi connectivity index (χ2v) is 6.34. The number of aromatic nitrogens is 1. The zero-order valence-corrected chi connectivity index (χ0v) is 16.0. The van der Waals surface area contributed by atoms with Crippen LogP contribution in [0.5, 0.6) is 0 Å². The Morgan fingerprint density at radius 2 is 1.93 bits per heavy atom. The van der Waals surface area contributed by atoms with Crippen LogP contribution in [0.15, 0.2) is 54.9 Å². The second-order valence-electron chi connectivity index (χ2n) is 5.93. The molecule has 7 nitrogen and oxygen atoms in total. The standard InChI is InChI=1S/C20H22N4O3S/c25-18(16-4-3-12-21-14-16)11-8-15-6-9-17(10-7-15)23-20(28)22-13-2-1-5-19(26)24-27/h3-4,6-12,14,27H,1-2,5,13H2,(H,24,26)(H2,22,23,28)/b11-8+. The smallest absolute Gasteiger partial charge is 0.243 e. The number of nitrogens with one attached hydrogen (secondary N) is 3. The summed E-state index contributed by atoms with van der Waals surface area (Å²) in [6.07, 6.45) is 8.11. The summed E-state index contributed by atoms with van der Waals surface area (Å²) in [5.41, 5.74) is 3.87. The molecule has 0 spiro atoms. The van der Waals surface area contributed by atoms with Gasteiger partial charge in [0.25, 0.3) is 0 Å². The normalized spacial score (nSPS) is 10.5. The van der Waals surface area contributed by atoms with Gasteiger partial charge in [-0.2, -0.15) is 0 Å². The summed E-state index contributed by atoms with van der Waals surface area (Å²) in [6, 6.07) is 10.9. The van der Waals surface area contributed by atoms with Gasteiger partial charge in [-0.15, -0.1) is 0 Å². The number of carbonyl (C=O) groups excluding carboxylic acids is 2. The third-order valence-electron chi connectivity index (χ3n) is 3.78. The lowest BCUT2D eigenvalue weighted by Gasteiger charge is -2.10. The first kappa shape index (κ1) is 21.2. The fraction of sp³-hybridized carbons (Fsp3) is 0.200. The number of unbranched alkanes of at least 4 members (excludes halogenated alkanes) is 1. The highest BCUT2D eigenvalue weighted by atomic mass is 32.1. The van der Waals surface area contributed by atoms with Crippen LogP contribution in [0.3, 0.4) is 0 Å². The number of hydrogen-bond acceptors (Lipinski definition) is 5. The first-order valence-corrected chi connectivity index (χ1v) is 9.19. The molecule has 8 heteroatoms. The van der Waals surface area contributed by atoms with E-state index in [1.54, 1.807) is 29.9 Å². The Morgan fingerprint density at radius 3 is 2.61 bits per heavy atom. The molecule has 0 aliphatic rings. The van der Waals surface area contributed by atoms with E-state index in [2.05, 4.69) is 15.6 Å². The number of benzene rings is 1. The molecular weight excluding hydrogens is 376 g/mol. The van der Waals surface area contributed by atoms with Crippen LogP contribution in [-0.4, -0.2) is 33.5 Å². The number of amides is 1. The average Bonchev–Trinajstić information content (AvgIpc) is 2.73. The van der Waals surface area contributed by atoms with Crippen LogP contribution in [0, 0.1) is 0 Å². The van der Waals surface area contributed by atoms with Crippen LogP contribution in [0.4, 0.5) is 5.69 Å². The van der Waals surface area contributed by atoms with Crippen molar-refractivity contribution < 1.29 is 14.8 Å². The SMILES string of the molecule is O=C(CCCCNC(=S)Nc1ccc(/C=C/C(=O)c2cccnc2)cc1)NO. The summed E-state index contributed by atoms with van der Waals surface area (Å²) < 4.78 is 0. The molecule has 1 aromatic carbocycles. The Hall–Kier alpha value is -3.10. The maximum Gasteiger partial charge on any atom is 0.243 e. The molecule has 0 fully saturated rings. The highest BCUT2D eigenvalue weighted by molar-refractivity contribution is 7.80. The van der Waals surface area contributed by atoms with Gasteiger partial charge in [0.15, 0.2) is 10.9 Å². The van der Waals surface area contributed by atoms with E-state index < -0.39 is 5.91 Å². The first-order chi connectivity index (χ1) is 13.6. The van der Waals surface area contributed by atoms with Gasteiger partial charge in [0.2, 0.25) is 5.91 Å². The Labute approximate surface area is 168 Å². The molecule has 1 heterocycles. The number of rotatable bonds is 9. The van der Waals surface area contributed by atoms with E-state index in [4.69, 9.17) is 17.4 Å². The predicted octanol–water partition coefficient (Wildman–Crippen LogP) is 2.94. The minimum Gasteiger partial charge on any atom is -0.362 e. The molecular formula is C20H22N4O3S. The molecule has 0 radical (unpaired) electrons. The molecule has 0 saturated carbocycles. The van der Waals surface area contributed by atoms with Gasteiger partial charge in [-0.25, -0.2) is 5.48 Å². The van der Waals surface area contributed by atoms with Crippen LogP contribution >= 0.6 is 12.2 Å². The van der Waals surface area contributed by atoms with Gasteiger partial charge in [-0.1, -0.05) is 18.2 Å². The molecule has 0 aliphatic carbocycles. The number of thiocarbonyl (C=S) groups is 1. The number of allylic oxidation sites excluding steroid dienone is 1. The third kappa shape index (κ3) is 7.65. The summed E-state index contributed by atoms with van der Waals surface area (Å²) in [5.74, 6) is -0.492. The molecule has 0 unspecified atom stereocenters. The van der Waals surface area contributed by atoms with Gasteiger partial charge in [-0.05, 0) is 61.0 Å². The topological polar surface area (TPSA) is 103 Å². The fourth-order valence-corrected chi connectivity index (χ4v) is 2.52. The van der Waals surface area contributed by atoms with Crippen molar-refractivity contribution in [1.29, 1.82) is 0 Å². The van der Waals surface area contributed by atoms with Crippen LogP contribution in [-0.2, 0) is 4.79 Å². The number of ketones is 1. The summed E-state index contributed by atoms with van der Waals surface area (Å²) in [4.78, 5) is 26.9. The Kier molecular flexibility index (Phi) is 8.77. The van der Waals surface area contributed by atoms with Crippen molar-refractivity contribution in [1.82, 2.24) is 15.8 Å². The van der Waals surface area contributed by atoms with Gasteiger partial charge in [0.1, 0.15) is 0 Å². The molecule has 28 heavy (non-hydrogen) atoms. The van der Waals surface area contributed by atoms with Crippen molar-refractivity contribution in [3.8, 4) is 0 Å². The van der Waals surface area contributed by atoms with E-state index in [1.807, 2.05) is 24.3 Å². The molecule has 4 N–H and O–H groups in total. The highest BCUT2D eigenvalue weighted by Gasteiger charge is 2.02. The molecule has 0 bridgehead atoms. The molecule has 0 aliphatic heterocycles.